The molecule has 1 unspecified atom stereocenters. The van der Waals surface area contributed by atoms with Gasteiger partial charge in [0.25, 0.3) is 5.91 Å². The van der Waals surface area contributed by atoms with Crippen LogP contribution in [-0.4, -0.2) is 43.2 Å². The van der Waals surface area contributed by atoms with Crippen LogP contribution in [0.4, 0.5) is 11.8 Å². The first-order valence-corrected chi connectivity index (χ1v) is 9.87. The Balaban J connectivity index is 1.81. The summed E-state index contributed by atoms with van der Waals surface area (Å²) in [5.41, 5.74) is 14.2. The number of anilines is 2. The fourth-order valence-corrected chi connectivity index (χ4v) is 3.08. The number of nitrogen functional groups attached to an aromatic ring is 1. The van der Waals surface area contributed by atoms with E-state index in [4.69, 9.17) is 11.5 Å². The van der Waals surface area contributed by atoms with Crippen molar-refractivity contribution in [3.63, 3.8) is 0 Å². The lowest BCUT2D eigenvalue weighted by Gasteiger charge is -2.20. The molecule has 5 N–H and O–H groups in total. The molecule has 0 aliphatic carbocycles. The molecule has 0 aliphatic rings. The molecule has 1 amide bonds. The van der Waals surface area contributed by atoms with Crippen LogP contribution in [-0.2, 0) is 0 Å². The van der Waals surface area contributed by atoms with Crippen molar-refractivity contribution in [2.45, 2.75) is 26.7 Å². The molecule has 3 aromatic heterocycles. The number of hydrogen-bond acceptors (Lipinski definition) is 8. The van der Waals surface area contributed by atoms with E-state index < -0.39 is 5.91 Å². The lowest BCUT2D eigenvalue weighted by molar-refractivity contribution is 0.0997. The van der Waals surface area contributed by atoms with E-state index in [0.29, 0.717) is 18.1 Å². The zero-order valence-corrected chi connectivity index (χ0v) is 17.6. The second kappa shape index (κ2) is 9.70. The van der Waals surface area contributed by atoms with E-state index in [1.54, 1.807) is 18.6 Å². The van der Waals surface area contributed by atoms with E-state index in [1.807, 2.05) is 32.9 Å². The number of nitrogens with zero attached hydrogens (tertiary/aromatic N) is 6. The number of amides is 1. The number of amidine groups is 1. The summed E-state index contributed by atoms with van der Waals surface area (Å²) in [4.78, 5) is 37.3. The highest BCUT2D eigenvalue weighted by Crippen LogP contribution is 2.26. The molecule has 0 spiro atoms. The second-order valence-electron chi connectivity index (χ2n) is 7.19. The highest BCUT2D eigenvalue weighted by Gasteiger charge is 2.22. The maximum Gasteiger partial charge on any atom is 0.298 e. The van der Waals surface area contributed by atoms with Crippen LogP contribution >= 0.6 is 0 Å². The van der Waals surface area contributed by atoms with Crippen molar-refractivity contribution in [2.24, 2.45) is 16.6 Å². The molecule has 0 radical (unpaired) electrons. The lowest BCUT2D eigenvalue weighted by atomic mass is 9.88. The summed E-state index contributed by atoms with van der Waals surface area (Å²) >= 11 is 0. The van der Waals surface area contributed by atoms with Gasteiger partial charge in [-0.3, -0.25) is 9.78 Å². The van der Waals surface area contributed by atoms with Gasteiger partial charge in [-0.1, -0.05) is 19.9 Å². The molecule has 1 atom stereocenters. The Morgan fingerprint density at radius 3 is 2.32 bits per heavy atom. The molecule has 0 bridgehead atoms. The standard InChI is InChI=1S/C21H25N9O/c1-4-24-17-11-26-16(10-27-17)20(31)30-19(22)18(12(2)3)13-5-6-15(25-7-13)14-8-28-21(23)29-9-14/h5-12,18H,4H2,1-3H3,(H,24,27)(H2,22,30,31)(H2,23,28,29). The average molecular weight is 419 g/mol. The van der Waals surface area contributed by atoms with Gasteiger partial charge in [0, 0.05) is 36.6 Å². The van der Waals surface area contributed by atoms with E-state index in [2.05, 4.69) is 35.2 Å². The van der Waals surface area contributed by atoms with Gasteiger partial charge in [-0.25, -0.2) is 19.9 Å². The van der Waals surface area contributed by atoms with E-state index >= 15 is 0 Å². The van der Waals surface area contributed by atoms with E-state index in [1.165, 1.54) is 12.4 Å². The fraction of sp³-hybridized carbons (Fsp3) is 0.286. The summed E-state index contributed by atoms with van der Waals surface area (Å²) in [5, 5.41) is 3.02. The van der Waals surface area contributed by atoms with E-state index in [9.17, 15) is 4.79 Å². The summed E-state index contributed by atoms with van der Waals surface area (Å²) in [6.07, 6.45) is 7.81. The average Bonchev–Trinajstić information content (AvgIpc) is 2.75. The highest BCUT2D eigenvalue weighted by molar-refractivity contribution is 6.03. The Labute approximate surface area is 180 Å². The third-order valence-electron chi connectivity index (χ3n) is 4.56. The third-order valence-corrected chi connectivity index (χ3v) is 4.56. The van der Waals surface area contributed by atoms with Crippen LogP contribution in [0.2, 0.25) is 0 Å². The molecular formula is C21H25N9O. The van der Waals surface area contributed by atoms with Gasteiger partial charge >= 0.3 is 0 Å². The highest BCUT2D eigenvalue weighted by atomic mass is 16.1. The van der Waals surface area contributed by atoms with Crippen molar-refractivity contribution in [2.75, 3.05) is 17.6 Å². The SMILES string of the molecule is CCNc1cnc(C(=O)N=C(N)C(c2ccc(-c3cnc(N)nc3)nc2)C(C)C)cn1. The molecule has 0 fully saturated rings. The Bertz CT molecular complexity index is 1050. The van der Waals surface area contributed by atoms with Crippen molar-refractivity contribution < 1.29 is 4.79 Å². The first-order valence-electron chi connectivity index (χ1n) is 9.87. The molecule has 3 heterocycles. The largest absolute Gasteiger partial charge is 0.387 e. The van der Waals surface area contributed by atoms with E-state index in [0.717, 1.165) is 11.1 Å². The fourth-order valence-electron chi connectivity index (χ4n) is 3.08. The number of aliphatic imine (C=N–C) groups is 1. The maximum absolute atomic E-state index is 12.5. The summed E-state index contributed by atoms with van der Waals surface area (Å²) in [7, 11) is 0. The Hall–Kier alpha value is -3.95. The van der Waals surface area contributed by atoms with Crippen molar-refractivity contribution in [1.82, 2.24) is 24.9 Å². The van der Waals surface area contributed by atoms with Crippen molar-refractivity contribution >= 4 is 23.5 Å². The molecule has 0 saturated carbocycles. The molecular weight excluding hydrogens is 394 g/mol. The van der Waals surface area contributed by atoms with Crippen LogP contribution in [0.3, 0.4) is 0 Å². The van der Waals surface area contributed by atoms with Crippen molar-refractivity contribution in [3.05, 3.63) is 54.4 Å². The molecule has 10 nitrogen and oxygen atoms in total. The van der Waals surface area contributed by atoms with Crippen molar-refractivity contribution in [1.29, 1.82) is 0 Å². The van der Waals surface area contributed by atoms with Crippen LogP contribution in [0, 0.1) is 5.92 Å². The van der Waals surface area contributed by atoms with Crippen molar-refractivity contribution in [3.8, 4) is 11.3 Å². The molecule has 3 rings (SSSR count). The number of hydrogen-bond donors (Lipinski definition) is 3. The van der Waals surface area contributed by atoms with E-state index in [-0.39, 0.29) is 29.3 Å². The summed E-state index contributed by atoms with van der Waals surface area (Å²) in [6.45, 7) is 6.67. The molecule has 0 aliphatic heterocycles. The van der Waals surface area contributed by atoms with Gasteiger partial charge in [0.15, 0.2) is 0 Å². The van der Waals surface area contributed by atoms with Gasteiger partial charge in [-0.15, -0.1) is 0 Å². The Morgan fingerprint density at radius 2 is 1.77 bits per heavy atom. The minimum Gasteiger partial charge on any atom is -0.387 e. The number of rotatable bonds is 7. The normalized spacial score (nSPS) is 12.6. The number of aromatic nitrogens is 5. The summed E-state index contributed by atoms with van der Waals surface area (Å²) in [5.74, 6) is 0.252. The quantitative estimate of drug-likeness (QED) is 0.386. The van der Waals surface area contributed by atoms with Gasteiger partial charge in [0.2, 0.25) is 5.95 Å². The topological polar surface area (TPSA) is 158 Å². The molecule has 160 valence electrons. The maximum atomic E-state index is 12.5. The Morgan fingerprint density at radius 1 is 1.03 bits per heavy atom. The van der Waals surface area contributed by atoms with Crippen LogP contribution < -0.4 is 16.8 Å². The zero-order chi connectivity index (χ0) is 22.4. The number of carbonyl (C=O) groups is 1. The van der Waals surface area contributed by atoms with Gasteiger partial charge in [0.05, 0.1) is 18.1 Å². The molecule has 0 aromatic carbocycles. The predicted octanol–water partition coefficient (Wildman–Crippen LogP) is 2.28. The molecule has 0 saturated heterocycles. The van der Waals surface area contributed by atoms with Gasteiger partial charge in [-0.2, -0.15) is 4.99 Å². The number of pyridine rings is 1. The van der Waals surface area contributed by atoms with Gasteiger partial charge in [-0.05, 0) is 24.5 Å². The van der Waals surface area contributed by atoms with Gasteiger partial charge < -0.3 is 16.8 Å². The summed E-state index contributed by atoms with van der Waals surface area (Å²) < 4.78 is 0. The van der Waals surface area contributed by atoms with Crippen LogP contribution in [0.5, 0.6) is 0 Å². The number of nitrogens with one attached hydrogen (secondary N) is 1. The zero-order valence-electron chi connectivity index (χ0n) is 17.6. The lowest BCUT2D eigenvalue weighted by Crippen LogP contribution is -2.27. The molecule has 31 heavy (non-hydrogen) atoms. The van der Waals surface area contributed by atoms with Crippen LogP contribution in [0.25, 0.3) is 11.3 Å². The first kappa shape index (κ1) is 21.8. The minimum atomic E-state index is -0.540. The minimum absolute atomic E-state index is 0.0891. The number of nitrogens with two attached hydrogens (primary N) is 2. The third kappa shape index (κ3) is 5.35. The van der Waals surface area contributed by atoms with Gasteiger partial charge in [0.1, 0.15) is 17.3 Å². The Kier molecular flexibility index (Phi) is 6.81. The predicted molar refractivity (Wildman–Crippen MR) is 119 cm³/mol. The molecule has 3 aromatic rings. The number of carbonyl (C=O) groups excluding carboxylic acids is 1. The smallest absolute Gasteiger partial charge is 0.298 e. The first-order chi connectivity index (χ1) is 14.9. The monoisotopic (exact) mass is 419 g/mol. The molecule has 10 heteroatoms. The van der Waals surface area contributed by atoms with Crippen LogP contribution in [0.15, 0.2) is 48.1 Å². The summed E-state index contributed by atoms with van der Waals surface area (Å²) in [6, 6.07) is 3.75. The second-order valence-corrected chi connectivity index (χ2v) is 7.19. The van der Waals surface area contributed by atoms with Crippen LogP contribution in [0.1, 0.15) is 42.7 Å².